The molecule has 0 bridgehead atoms. The lowest BCUT2D eigenvalue weighted by molar-refractivity contribution is 0.390. The summed E-state index contributed by atoms with van der Waals surface area (Å²) in [5, 5.41) is 4.46. The smallest absolute Gasteiger partial charge is 0.218 e. The monoisotopic (exact) mass is 281 g/mol. The molecule has 3 aromatic rings. The van der Waals surface area contributed by atoms with E-state index in [0.29, 0.717) is 18.2 Å². The van der Waals surface area contributed by atoms with E-state index >= 15 is 0 Å². The normalized spacial score (nSPS) is 10.5. The van der Waals surface area contributed by atoms with Crippen molar-refractivity contribution in [3.05, 3.63) is 54.5 Å². The third-order valence-corrected chi connectivity index (χ3v) is 3.08. The summed E-state index contributed by atoms with van der Waals surface area (Å²) in [5.41, 5.74) is 8.28. The lowest BCUT2D eigenvalue weighted by Crippen LogP contribution is -2.03. The molecular weight excluding hydrogens is 266 g/mol. The molecule has 0 fully saturated rings. The molecule has 2 N–H and O–H groups in total. The van der Waals surface area contributed by atoms with Crippen molar-refractivity contribution in [2.24, 2.45) is 0 Å². The Labute approximate surface area is 122 Å². The average Bonchev–Trinajstić information content (AvgIpc) is 2.97. The van der Waals surface area contributed by atoms with Crippen LogP contribution in [0.4, 0.5) is 5.69 Å². The maximum Gasteiger partial charge on any atom is 0.218 e. The van der Waals surface area contributed by atoms with Gasteiger partial charge in [0.1, 0.15) is 6.33 Å². The molecular formula is C15H15N5O. The fourth-order valence-electron chi connectivity index (χ4n) is 2.04. The first-order valence-corrected chi connectivity index (χ1v) is 6.49. The second kappa shape index (κ2) is 5.62. The molecule has 0 amide bonds. The van der Waals surface area contributed by atoms with Gasteiger partial charge in [0.15, 0.2) is 5.82 Å². The molecule has 1 aromatic carbocycles. The van der Waals surface area contributed by atoms with Crippen LogP contribution in [-0.4, -0.2) is 26.9 Å². The molecule has 0 spiro atoms. The van der Waals surface area contributed by atoms with E-state index in [0.717, 1.165) is 16.8 Å². The summed E-state index contributed by atoms with van der Waals surface area (Å²) < 4.78 is 6.99. The summed E-state index contributed by atoms with van der Waals surface area (Å²) in [4.78, 5) is 8.49. The number of pyridine rings is 1. The molecule has 0 aliphatic rings. The highest BCUT2D eigenvalue weighted by Crippen LogP contribution is 2.18. The molecule has 0 aliphatic carbocycles. The van der Waals surface area contributed by atoms with E-state index in [9.17, 15) is 0 Å². The van der Waals surface area contributed by atoms with Crippen LogP contribution in [-0.2, 0) is 6.54 Å². The molecule has 0 aliphatic heterocycles. The number of rotatable bonds is 4. The Morgan fingerprint density at radius 3 is 2.71 bits per heavy atom. The van der Waals surface area contributed by atoms with Crippen LogP contribution in [0.15, 0.2) is 48.9 Å². The predicted molar refractivity (Wildman–Crippen MR) is 79.8 cm³/mol. The van der Waals surface area contributed by atoms with Crippen molar-refractivity contribution in [3.63, 3.8) is 0 Å². The first kappa shape index (κ1) is 13.1. The lowest BCUT2D eigenvalue weighted by Gasteiger charge is -2.06. The Morgan fingerprint density at radius 1 is 1.14 bits per heavy atom. The number of nitrogen functional groups attached to an aromatic ring is 1. The van der Waals surface area contributed by atoms with Crippen molar-refractivity contribution in [1.82, 2.24) is 19.7 Å². The Bertz CT molecular complexity index is 736. The van der Waals surface area contributed by atoms with Crippen LogP contribution >= 0.6 is 0 Å². The third kappa shape index (κ3) is 2.84. The van der Waals surface area contributed by atoms with Gasteiger partial charge in [-0.25, -0.2) is 14.6 Å². The SMILES string of the molecule is COc1ncccc1Cn1cnc(-c2ccc(N)cc2)n1. The highest BCUT2D eigenvalue weighted by Gasteiger charge is 2.07. The van der Waals surface area contributed by atoms with Gasteiger partial charge in [0.25, 0.3) is 0 Å². The van der Waals surface area contributed by atoms with Crippen molar-refractivity contribution in [2.75, 3.05) is 12.8 Å². The molecule has 0 unspecified atom stereocenters. The summed E-state index contributed by atoms with van der Waals surface area (Å²) in [6.45, 7) is 0.555. The minimum atomic E-state index is 0.555. The first-order valence-electron chi connectivity index (χ1n) is 6.49. The molecule has 2 heterocycles. The van der Waals surface area contributed by atoms with Gasteiger partial charge >= 0.3 is 0 Å². The highest BCUT2D eigenvalue weighted by molar-refractivity contribution is 5.57. The average molecular weight is 281 g/mol. The third-order valence-electron chi connectivity index (χ3n) is 3.08. The molecule has 0 atom stereocenters. The Morgan fingerprint density at radius 2 is 1.95 bits per heavy atom. The van der Waals surface area contributed by atoms with Crippen molar-refractivity contribution in [3.8, 4) is 17.3 Å². The topological polar surface area (TPSA) is 78.8 Å². The number of nitrogens with zero attached hydrogens (tertiary/aromatic N) is 4. The number of hydrogen-bond acceptors (Lipinski definition) is 5. The van der Waals surface area contributed by atoms with E-state index in [2.05, 4.69) is 15.1 Å². The molecule has 2 aromatic heterocycles. The van der Waals surface area contributed by atoms with Gasteiger partial charge in [-0.3, -0.25) is 0 Å². The Balaban J connectivity index is 1.83. The van der Waals surface area contributed by atoms with E-state index in [-0.39, 0.29) is 0 Å². The summed E-state index contributed by atoms with van der Waals surface area (Å²) in [6, 6.07) is 11.3. The van der Waals surface area contributed by atoms with Crippen molar-refractivity contribution >= 4 is 5.69 Å². The largest absolute Gasteiger partial charge is 0.481 e. The summed E-state index contributed by atoms with van der Waals surface area (Å²) in [7, 11) is 1.60. The van der Waals surface area contributed by atoms with Crippen molar-refractivity contribution in [1.29, 1.82) is 0 Å². The number of hydrogen-bond donors (Lipinski definition) is 1. The van der Waals surface area contributed by atoms with Crippen LogP contribution in [0, 0.1) is 0 Å². The number of nitrogens with two attached hydrogens (primary N) is 1. The molecule has 0 saturated heterocycles. The predicted octanol–water partition coefficient (Wildman–Crippen LogP) is 1.98. The minimum absolute atomic E-state index is 0.555. The second-order valence-corrected chi connectivity index (χ2v) is 4.56. The fraction of sp³-hybridized carbons (Fsp3) is 0.133. The maximum absolute atomic E-state index is 5.68. The summed E-state index contributed by atoms with van der Waals surface area (Å²) >= 11 is 0. The maximum atomic E-state index is 5.68. The quantitative estimate of drug-likeness (QED) is 0.740. The number of benzene rings is 1. The highest BCUT2D eigenvalue weighted by atomic mass is 16.5. The van der Waals surface area contributed by atoms with E-state index < -0.39 is 0 Å². The summed E-state index contributed by atoms with van der Waals surface area (Å²) in [6.07, 6.45) is 3.39. The molecule has 0 radical (unpaired) electrons. The molecule has 0 saturated carbocycles. The van der Waals surface area contributed by atoms with Gasteiger partial charge in [-0.1, -0.05) is 6.07 Å². The standard InChI is InChI=1S/C15H15N5O/c1-21-15-12(3-2-8-17-15)9-20-10-18-14(19-20)11-4-6-13(16)7-5-11/h2-8,10H,9,16H2,1H3. The van der Waals surface area contributed by atoms with Crippen LogP contribution in [0.25, 0.3) is 11.4 Å². The van der Waals surface area contributed by atoms with Gasteiger partial charge in [-0.05, 0) is 30.3 Å². The fourth-order valence-corrected chi connectivity index (χ4v) is 2.04. The second-order valence-electron chi connectivity index (χ2n) is 4.56. The van der Waals surface area contributed by atoms with E-state index in [1.807, 2.05) is 36.4 Å². The molecule has 21 heavy (non-hydrogen) atoms. The van der Waals surface area contributed by atoms with E-state index in [1.54, 1.807) is 24.3 Å². The van der Waals surface area contributed by atoms with Gasteiger partial charge in [0.2, 0.25) is 5.88 Å². The molecule has 6 heteroatoms. The number of ether oxygens (including phenoxy) is 1. The number of anilines is 1. The number of aromatic nitrogens is 4. The molecule has 6 nitrogen and oxygen atoms in total. The van der Waals surface area contributed by atoms with Crippen LogP contribution in [0.1, 0.15) is 5.56 Å². The Kier molecular flexibility index (Phi) is 3.51. The lowest BCUT2D eigenvalue weighted by atomic mass is 10.2. The van der Waals surface area contributed by atoms with Gasteiger partial charge in [-0.2, -0.15) is 5.10 Å². The van der Waals surface area contributed by atoms with Crippen molar-refractivity contribution in [2.45, 2.75) is 6.54 Å². The molecule has 3 rings (SSSR count). The van der Waals surface area contributed by atoms with Gasteiger partial charge < -0.3 is 10.5 Å². The van der Waals surface area contributed by atoms with E-state index in [4.69, 9.17) is 10.5 Å². The number of methoxy groups -OCH3 is 1. The zero-order valence-electron chi connectivity index (χ0n) is 11.6. The van der Waals surface area contributed by atoms with Crippen LogP contribution in [0.2, 0.25) is 0 Å². The van der Waals surface area contributed by atoms with Crippen LogP contribution in [0.5, 0.6) is 5.88 Å². The zero-order chi connectivity index (χ0) is 14.7. The molecule has 106 valence electrons. The first-order chi connectivity index (χ1) is 10.3. The van der Waals surface area contributed by atoms with Gasteiger partial charge in [0, 0.05) is 23.0 Å². The minimum Gasteiger partial charge on any atom is -0.481 e. The van der Waals surface area contributed by atoms with Crippen LogP contribution < -0.4 is 10.5 Å². The van der Waals surface area contributed by atoms with Gasteiger partial charge in [-0.15, -0.1) is 0 Å². The summed E-state index contributed by atoms with van der Waals surface area (Å²) in [5.74, 6) is 1.26. The Hall–Kier alpha value is -2.89. The zero-order valence-corrected chi connectivity index (χ0v) is 11.6. The van der Waals surface area contributed by atoms with E-state index in [1.165, 1.54) is 0 Å². The van der Waals surface area contributed by atoms with Gasteiger partial charge in [0.05, 0.1) is 13.7 Å². The van der Waals surface area contributed by atoms with Crippen molar-refractivity contribution < 1.29 is 4.74 Å². The van der Waals surface area contributed by atoms with Crippen LogP contribution in [0.3, 0.4) is 0 Å².